The molecule has 0 bridgehead atoms. The van der Waals surface area contributed by atoms with Crippen LogP contribution in [0.1, 0.15) is 28.4 Å². The van der Waals surface area contributed by atoms with Crippen molar-refractivity contribution < 1.29 is 4.79 Å². The summed E-state index contributed by atoms with van der Waals surface area (Å²) in [6.07, 6.45) is 4.26. The third-order valence-corrected chi connectivity index (χ3v) is 3.73. The maximum atomic E-state index is 12.4. The summed E-state index contributed by atoms with van der Waals surface area (Å²) in [4.78, 5) is 12.4. The topological polar surface area (TPSA) is 46.9 Å². The van der Waals surface area contributed by atoms with Gasteiger partial charge in [-0.05, 0) is 23.6 Å². The van der Waals surface area contributed by atoms with Gasteiger partial charge in [-0.25, -0.2) is 0 Å². The summed E-state index contributed by atoms with van der Waals surface area (Å²) in [5.41, 5.74) is 3.69. The molecule has 0 atom stereocenters. The molecule has 4 heteroatoms. The Morgan fingerprint density at radius 3 is 2.61 bits per heavy atom. The molecule has 1 amide bonds. The first kappa shape index (κ1) is 15.0. The summed E-state index contributed by atoms with van der Waals surface area (Å²) >= 11 is 0. The van der Waals surface area contributed by atoms with Gasteiger partial charge in [0.1, 0.15) is 0 Å². The zero-order valence-corrected chi connectivity index (χ0v) is 13.1. The highest BCUT2D eigenvalue weighted by Crippen LogP contribution is 2.16. The minimum atomic E-state index is -0.134. The molecule has 0 saturated carbocycles. The molecule has 2 aromatic carbocycles. The molecule has 4 nitrogen and oxygen atoms in total. The Labute approximate surface area is 135 Å². The van der Waals surface area contributed by atoms with Crippen LogP contribution in [0, 0.1) is 0 Å². The van der Waals surface area contributed by atoms with E-state index in [-0.39, 0.29) is 5.91 Å². The first-order valence-electron chi connectivity index (χ1n) is 7.72. The number of para-hydroxylation sites is 1. The summed E-state index contributed by atoms with van der Waals surface area (Å²) in [6, 6.07) is 17.9. The van der Waals surface area contributed by atoms with E-state index in [1.54, 1.807) is 17.1 Å². The number of amides is 1. The lowest BCUT2D eigenvalue weighted by molar-refractivity contribution is 0.102. The summed E-state index contributed by atoms with van der Waals surface area (Å²) in [5.74, 6) is -0.134. The molecule has 0 fully saturated rings. The van der Waals surface area contributed by atoms with E-state index in [1.807, 2.05) is 54.6 Å². The van der Waals surface area contributed by atoms with Crippen molar-refractivity contribution in [2.75, 3.05) is 5.32 Å². The molecule has 1 N–H and O–H groups in total. The molecule has 0 aliphatic rings. The molecule has 3 aromatic rings. The maximum absolute atomic E-state index is 12.4. The van der Waals surface area contributed by atoms with Crippen LogP contribution < -0.4 is 5.32 Å². The lowest BCUT2D eigenvalue weighted by Gasteiger charge is -2.08. The summed E-state index contributed by atoms with van der Waals surface area (Å²) in [5, 5.41) is 7.24. The average Bonchev–Trinajstić information content (AvgIpc) is 3.05. The number of anilines is 1. The van der Waals surface area contributed by atoms with Gasteiger partial charge in [0, 0.05) is 11.9 Å². The standard InChI is InChI=1S/C19H19N3O/c1-2-16-10-6-7-11-18(16)21-19(23)17-12-20-22(14-17)13-15-8-4-3-5-9-15/h3-12,14H,2,13H2,1H3,(H,21,23). The van der Waals surface area contributed by atoms with Crippen LogP contribution in [0.4, 0.5) is 5.69 Å². The number of hydrogen-bond acceptors (Lipinski definition) is 2. The average molecular weight is 305 g/mol. The van der Waals surface area contributed by atoms with Crippen LogP contribution in [-0.2, 0) is 13.0 Å². The number of carbonyl (C=O) groups excluding carboxylic acids is 1. The SMILES string of the molecule is CCc1ccccc1NC(=O)c1cnn(Cc2ccccc2)c1. The van der Waals surface area contributed by atoms with Gasteiger partial charge in [-0.1, -0.05) is 55.5 Å². The lowest BCUT2D eigenvalue weighted by Crippen LogP contribution is -2.12. The smallest absolute Gasteiger partial charge is 0.258 e. The molecule has 0 aliphatic carbocycles. The summed E-state index contributed by atoms with van der Waals surface area (Å²) < 4.78 is 1.77. The van der Waals surface area contributed by atoms with E-state index in [0.717, 1.165) is 23.2 Å². The quantitative estimate of drug-likeness (QED) is 0.780. The molecule has 116 valence electrons. The first-order chi connectivity index (χ1) is 11.3. The van der Waals surface area contributed by atoms with Crippen LogP contribution in [0.5, 0.6) is 0 Å². The Morgan fingerprint density at radius 2 is 1.83 bits per heavy atom. The highest BCUT2D eigenvalue weighted by molar-refractivity contribution is 6.04. The molecule has 0 spiro atoms. The maximum Gasteiger partial charge on any atom is 0.258 e. The Morgan fingerprint density at radius 1 is 1.09 bits per heavy atom. The molecule has 0 unspecified atom stereocenters. The fourth-order valence-electron chi connectivity index (χ4n) is 2.48. The predicted octanol–water partition coefficient (Wildman–Crippen LogP) is 3.75. The third kappa shape index (κ3) is 3.66. The van der Waals surface area contributed by atoms with E-state index in [2.05, 4.69) is 17.3 Å². The van der Waals surface area contributed by atoms with Crippen LogP contribution in [0.3, 0.4) is 0 Å². The molecule has 0 saturated heterocycles. The number of nitrogens with one attached hydrogen (secondary N) is 1. The van der Waals surface area contributed by atoms with E-state index in [1.165, 1.54) is 0 Å². The van der Waals surface area contributed by atoms with Gasteiger partial charge in [0.2, 0.25) is 0 Å². The van der Waals surface area contributed by atoms with E-state index in [9.17, 15) is 4.79 Å². The molecule has 1 aromatic heterocycles. The van der Waals surface area contributed by atoms with Crippen LogP contribution in [0.25, 0.3) is 0 Å². The van der Waals surface area contributed by atoms with Crippen LogP contribution >= 0.6 is 0 Å². The van der Waals surface area contributed by atoms with Crippen molar-refractivity contribution in [2.24, 2.45) is 0 Å². The molecule has 0 radical (unpaired) electrons. The fraction of sp³-hybridized carbons (Fsp3) is 0.158. The zero-order chi connectivity index (χ0) is 16.1. The molecule has 3 rings (SSSR count). The number of rotatable bonds is 5. The molecule has 23 heavy (non-hydrogen) atoms. The van der Waals surface area contributed by atoms with E-state index in [4.69, 9.17) is 0 Å². The van der Waals surface area contributed by atoms with E-state index in [0.29, 0.717) is 12.1 Å². The second-order valence-corrected chi connectivity index (χ2v) is 5.38. The number of aryl methyl sites for hydroxylation is 1. The predicted molar refractivity (Wildman–Crippen MR) is 91.5 cm³/mol. The molecular formula is C19H19N3O. The molecular weight excluding hydrogens is 286 g/mol. The Bertz CT molecular complexity index is 793. The van der Waals surface area contributed by atoms with Crippen molar-refractivity contribution in [1.82, 2.24) is 9.78 Å². The van der Waals surface area contributed by atoms with Gasteiger partial charge < -0.3 is 5.32 Å². The Hall–Kier alpha value is -2.88. The minimum absolute atomic E-state index is 0.134. The van der Waals surface area contributed by atoms with E-state index >= 15 is 0 Å². The summed E-state index contributed by atoms with van der Waals surface area (Å²) in [7, 11) is 0. The van der Waals surface area contributed by atoms with Gasteiger partial charge >= 0.3 is 0 Å². The largest absolute Gasteiger partial charge is 0.322 e. The van der Waals surface area contributed by atoms with Gasteiger partial charge in [-0.2, -0.15) is 5.10 Å². The van der Waals surface area contributed by atoms with Crippen molar-refractivity contribution in [2.45, 2.75) is 19.9 Å². The first-order valence-corrected chi connectivity index (χ1v) is 7.72. The molecule has 0 aliphatic heterocycles. The Kier molecular flexibility index (Phi) is 4.52. The number of nitrogens with zero attached hydrogens (tertiary/aromatic N) is 2. The van der Waals surface area contributed by atoms with Gasteiger partial charge in [0.15, 0.2) is 0 Å². The van der Waals surface area contributed by atoms with Gasteiger partial charge in [0.25, 0.3) is 5.91 Å². The van der Waals surface area contributed by atoms with Crippen molar-refractivity contribution in [3.63, 3.8) is 0 Å². The number of benzene rings is 2. The van der Waals surface area contributed by atoms with Crippen molar-refractivity contribution in [3.8, 4) is 0 Å². The third-order valence-electron chi connectivity index (χ3n) is 3.73. The second kappa shape index (κ2) is 6.92. The van der Waals surface area contributed by atoms with E-state index < -0.39 is 0 Å². The molecule has 1 heterocycles. The number of carbonyl (C=O) groups is 1. The number of aromatic nitrogens is 2. The zero-order valence-electron chi connectivity index (χ0n) is 13.1. The second-order valence-electron chi connectivity index (χ2n) is 5.38. The van der Waals surface area contributed by atoms with Crippen molar-refractivity contribution in [3.05, 3.63) is 83.7 Å². The lowest BCUT2D eigenvalue weighted by atomic mass is 10.1. The minimum Gasteiger partial charge on any atom is -0.322 e. The highest BCUT2D eigenvalue weighted by atomic mass is 16.1. The Balaban J connectivity index is 1.71. The van der Waals surface area contributed by atoms with Gasteiger partial charge in [-0.3, -0.25) is 9.48 Å². The van der Waals surface area contributed by atoms with Crippen molar-refractivity contribution in [1.29, 1.82) is 0 Å². The fourth-order valence-corrected chi connectivity index (χ4v) is 2.48. The van der Waals surface area contributed by atoms with Crippen molar-refractivity contribution >= 4 is 11.6 Å². The van der Waals surface area contributed by atoms with Gasteiger partial charge in [0.05, 0.1) is 18.3 Å². The normalized spacial score (nSPS) is 10.5. The number of hydrogen-bond donors (Lipinski definition) is 1. The van der Waals surface area contributed by atoms with Crippen LogP contribution in [0.2, 0.25) is 0 Å². The van der Waals surface area contributed by atoms with Crippen LogP contribution in [0.15, 0.2) is 67.0 Å². The monoisotopic (exact) mass is 305 g/mol. The summed E-state index contributed by atoms with van der Waals surface area (Å²) in [6.45, 7) is 2.72. The highest BCUT2D eigenvalue weighted by Gasteiger charge is 2.10. The van der Waals surface area contributed by atoms with Crippen LogP contribution in [-0.4, -0.2) is 15.7 Å². The van der Waals surface area contributed by atoms with Gasteiger partial charge in [-0.15, -0.1) is 0 Å².